The molecule has 0 aliphatic rings. The van der Waals surface area contributed by atoms with Crippen molar-refractivity contribution in [2.24, 2.45) is 5.73 Å². The highest BCUT2D eigenvalue weighted by atomic mass is 32.1. The van der Waals surface area contributed by atoms with Gasteiger partial charge in [-0.15, -0.1) is 11.3 Å². The highest BCUT2D eigenvalue weighted by Crippen LogP contribution is 2.29. The Morgan fingerprint density at radius 3 is 2.95 bits per heavy atom. The third-order valence-electron chi connectivity index (χ3n) is 2.79. The van der Waals surface area contributed by atoms with Gasteiger partial charge in [0.1, 0.15) is 0 Å². The van der Waals surface area contributed by atoms with Gasteiger partial charge in [0.25, 0.3) is 0 Å². The number of nitrogens with zero attached hydrogens (tertiary/aromatic N) is 1. The second-order valence-electron chi connectivity index (χ2n) is 4.83. The van der Waals surface area contributed by atoms with E-state index in [9.17, 15) is 4.79 Å². The molecule has 102 valence electrons. The molecule has 0 bridgehead atoms. The predicted octanol–water partition coefficient (Wildman–Crippen LogP) is 3.10. The van der Waals surface area contributed by atoms with Gasteiger partial charge in [-0.25, -0.2) is 4.98 Å². The average molecular weight is 277 g/mol. The summed E-state index contributed by atoms with van der Waals surface area (Å²) in [5.41, 5.74) is 7.21. The number of nitrogens with one attached hydrogen (secondary N) is 1. The van der Waals surface area contributed by atoms with Gasteiger partial charge in [0.2, 0.25) is 5.91 Å². The van der Waals surface area contributed by atoms with E-state index in [1.807, 2.05) is 18.2 Å². The van der Waals surface area contributed by atoms with Crippen LogP contribution in [0.1, 0.15) is 37.6 Å². The van der Waals surface area contributed by atoms with Gasteiger partial charge in [0, 0.05) is 18.0 Å². The molecule has 0 radical (unpaired) electrons. The SMILES string of the molecule is CC(C)c1nc2ccc(NC(=O)CCCN)cc2s1. The third-order valence-corrected chi connectivity index (χ3v) is 4.11. The maximum absolute atomic E-state index is 11.6. The molecule has 4 nitrogen and oxygen atoms in total. The Morgan fingerprint density at radius 2 is 2.26 bits per heavy atom. The summed E-state index contributed by atoms with van der Waals surface area (Å²) in [5.74, 6) is 0.443. The van der Waals surface area contributed by atoms with Crippen molar-refractivity contribution in [1.29, 1.82) is 0 Å². The Morgan fingerprint density at radius 1 is 1.47 bits per heavy atom. The molecule has 0 unspecified atom stereocenters. The normalized spacial score (nSPS) is 11.2. The standard InChI is InChI=1S/C14H19N3OS/c1-9(2)14-17-11-6-5-10(8-12(11)19-14)16-13(18)4-3-7-15/h5-6,8-9H,3-4,7,15H2,1-2H3,(H,16,18). The number of nitrogens with two attached hydrogens (primary N) is 1. The number of amides is 1. The lowest BCUT2D eigenvalue weighted by Crippen LogP contribution is -2.13. The summed E-state index contributed by atoms with van der Waals surface area (Å²) >= 11 is 1.68. The maximum Gasteiger partial charge on any atom is 0.224 e. The summed E-state index contributed by atoms with van der Waals surface area (Å²) in [5, 5.41) is 4.02. The van der Waals surface area contributed by atoms with Crippen LogP contribution in [0, 0.1) is 0 Å². The molecule has 0 saturated carbocycles. The van der Waals surface area contributed by atoms with Gasteiger partial charge in [0.05, 0.1) is 15.2 Å². The number of fused-ring (bicyclic) bond motifs is 1. The average Bonchev–Trinajstić information content (AvgIpc) is 2.79. The Balaban J connectivity index is 2.14. The van der Waals surface area contributed by atoms with Crippen molar-refractivity contribution < 1.29 is 4.79 Å². The number of thiazole rings is 1. The fourth-order valence-electron chi connectivity index (χ4n) is 1.75. The molecule has 1 heterocycles. The van der Waals surface area contributed by atoms with Crippen molar-refractivity contribution in [2.45, 2.75) is 32.6 Å². The first kappa shape index (κ1) is 14.0. The third kappa shape index (κ3) is 3.52. The lowest BCUT2D eigenvalue weighted by molar-refractivity contribution is -0.116. The molecule has 1 aromatic heterocycles. The van der Waals surface area contributed by atoms with Gasteiger partial charge < -0.3 is 11.1 Å². The van der Waals surface area contributed by atoms with E-state index in [1.165, 1.54) is 0 Å². The van der Waals surface area contributed by atoms with Crippen LogP contribution in [-0.2, 0) is 4.79 Å². The summed E-state index contributed by atoms with van der Waals surface area (Å²) in [6.07, 6.45) is 1.18. The first-order valence-corrected chi connectivity index (χ1v) is 7.32. The van der Waals surface area contributed by atoms with Gasteiger partial charge in [-0.1, -0.05) is 13.8 Å². The zero-order valence-corrected chi connectivity index (χ0v) is 12.1. The molecule has 5 heteroatoms. The highest BCUT2D eigenvalue weighted by Gasteiger charge is 2.08. The fraction of sp³-hybridized carbons (Fsp3) is 0.429. The topological polar surface area (TPSA) is 68.0 Å². The van der Waals surface area contributed by atoms with Crippen LogP contribution in [0.25, 0.3) is 10.2 Å². The minimum Gasteiger partial charge on any atom is -0.330 e. The van der Waals surface area contributed by atoms with Gasteiger partial charge in [0.15, 0.2) is 0 Å². The molecule has 0 aliphatic heterocycles. The number of aromatic nitrogens is 1. The van der Waals surface area contributed by atoms with Crippen LogP contribution in [0.4, 0.5) is 5.69 Å². The lowest BCUT2D eigenvalue weighted by atomic mass is 10.2. The zero-order valence-electron chi connectivity index (χ0n) is 11.3. The zero-order chi connectivity index (χ0) is 13.8. The van der Waals surface area contributed by atoms with Gasteiger partial charge in [-0.3, -0.25) is 4.79 Å². The van der Waals surface area contributed by atoms with Crippen molar-refractivity contribution in [3.8, 4) is 0 Å². The number of carbonyl (C=O) groups is 1. The highest BCUT2D eigenvalue weighted by molar-refractivity contribution is 7.18. The molecular weight excluding hydrogens is 258 g/mol. The molecule has 0 fully saturated rings. The Hall–Kier alpha value is -1.46. The van der Waals surface area contributed by atoms with Crippen LogP contribution < -0.4 is 11.1 Å². The maximum atomic E-state index is 11.6. The van der Waals surface area contributed by atoms with Crippen molar-refractivity contribution in [3.63, 3.8) is 0 Å². The molecular formula is C14H19N3OS. The van der Waals surface area contributed by atoms with Gasteiger partial charge >= 0.3 is 0 Å². The summed E-state index contributed by atoms with van der Waals surface area (Å²) in [7, 11) is 0. The molecule has 1 amide bonds. The van der Waals surface area contributed by atoms with Crippen LogP contribution in [0.15, 0.2) is 18.2 Å². The molecule has 2 aromatic rings. The second-order valence-corrected chi connectivity index (χ2v) is 5.89. The minimum absolute atomic E-state index is 0.0124. The van der Waals surface area contributed by atoms with E-state index < -0.39 is 0 Å². The Kier molecular flexibility index (Phi) is 4.50. The number of benzene rings is 1. The molecule has 1 aromatic carbocycles. The van der Waals surface area contributed by atoms with Crippen molar-refractivity contribution in [2.75, 3.05) is 11.9 Å². The first-order chi connectivity index (χ1) is 9.10. The van der Waals surface area contributed by atoms with E-state index in [2.05, 4.69) is 24.1 Å². The molecule has 0 spiro atoms. The summed E-state index contributed by atoms with van der Waals surface area (Å²) in [4.78, 5) is 16.2. The van der Waals surface area contributed by atoms with Gasteiger partial charge in [-0.05, 0) is 31.2 Å². The number of hydrogen-bond acceptors (Lipinski definition) is 4. The van der Waals surface area contributed by atoms with E-state index >= 15 is 0 Å². The monoisotopic (exact) mass is 277 g/mol. The molecule has 0 saturated heterocycles. The first-order valence-electron chi connectivity index (χ1n) is 6.50. The number of hydrogen-bond donors (Lipinski definition) is 2. The lowest BCUT2D eigenvalue weighted by Gasteiger charge is -2.04. The Bertz CT molecular complexity index is 577. The van der Waals surface area contributed by atoms with Crippen LogP contribution >= 0.6 is 11.3 Å². The smallest absolute Gasteiger partial charge is 0.224 e. The van der Waals surface area contributed by atoms with E-state index in [0.29, 0.717) is 25.3 Å². The van der Waals surface area contributed by atoms with E-state index in [-0.39, 0.29) is 5.91 Å². The van der Waals surface area contributed by atoms with Crippen LogP contribution in [-0.4, -0.2) is 17.4 Å². The molecule has 2 rings (SSSR count). The largest absolute Gasteiger partial charge is 0.330 e. The van der Waals surface area contributed by atoms with Gasteiger partial charge in [-0.2, -0.15) is 0 Å². The number of carbonyl (C=O) groups excluding carboxylic acids is 1. The second kappa shape index (κ2) is 6.12. The van der Waals surface area contributed by atoms with Crippen LogP contribution in [0.2, 0.25) is 0 Å². The summed E-state index contributed by atoms with van der Waals surface area (Å²) < 4.78 is 1.11. The molecule has 3 N–H and O–H groups in total. The van der Waals surface area contributed by atoms with Crippen LogP contribution in [0.5, 0.6) is 0 Å². The minimum atomic E-state index is 0.0124. The number of rotatable bonds is 5. The fourth-order valence-corrected chi connectivity index (χ4v) is 2.76. The van der Waals surface area contributed by atoms with Crippen molar-refractivity contribution in [3.05, 3.63) is 23.2 Å². The van der Waals surface area contributed by atoms with Crippen LogP contribution in [0.3, 0.4) is 0 Å². The molecule has 19 heavy (non-hydrogen) atoms. The number of anilines is 1. The predicted molar refractivity (Wildman–Crippen MR) is 80.6 cm³/mol. The quantitative estimate of drug-likeness (QED) is 0.882. The van der Waals surface area contributed by atoms with E-state index in [0.717, 1.165) is 20.9 Å². The van der Waals surface area contributed by atoms with E-state index in [4.69, 9.17) is 5.73 Å². The summed E-state index contributed by atoms with van der Waals surface area (Å²) in [6, 6.07) is 5.84. The molecule has 0 atom stereocenters. The summed E-state index contributed by atoms with van der Waals surface area (Å²) in [6.45, 7) is 4.81. The molecule has 0 aliphatic carbocycles. The van der Waals surface area contributed by atoms with Crippen molar-refractivity contribution >= 4 is 33.1 Å². The Labute approximate surface area is 117 Å². The van der Waals surface area contributed by atoms with E-state index in [1.54, 1.807) is 11.3 Å². The van der Waals surface area contributed by atoms with Crippen molar-refractivity contribution in [1.82, 2.24) is 4.98 Å².